The molecule has 0 aliphatic heterocycles. The Morgan fingerprint density at radius 3 is 1.42 bits per heavy atom. The first-order chi connectivity index (χ1) is 14.8. The van der Waals surface area contributed by atoms with Crippen LogP contribution in [-0.4, -0.2) is 52.4 Å². The summed E-state index contributed by atoms with van der Waals surface area (Å²) in [7, 11) is 7.89. The number of rotatable bonds is 8. The molecule has 2 atom stereocenters. The zero-order chi connectivity index (χ0) is 22.4. The van der Waals surface area contributed by atoms with Crippen molar-refractivity contribution in [1.82, 2.24) is 10.9 Å². The highest BCUT2D eigenvalue weighted by Gasteiger charge is 2.48. The number of carbonyl (C=O) groups is 2. The molecule has 8 heteroatoms. The third kappa shape index (κ3) is 6.15. The van der Waals surface area contributed by atoms with Crippen LogP contribution >= 0.6 is 0 Å². The second-order valence-corrected chi connectivity index (χ2v) is 7.89. The molecule has 2 N–H and O–H groups in total. The lowest BCUT2D eigenvalue weighted by molar-refractivity contribution is -0.127. The highest BCUT2D eigenvalue weighted by Crippen LogP contribution is 2.38. The predicted octanol–water partition coefficient (Wildman–Crippen LogP) is 2.06. The zero-order valence-electron chi connectivity index (χ0n) is 18.2. The van der Waals surface area contributed by atoms with Crippen molar-refractivity contribution < 1.29 is 9.59 Å². The predicted molar refractivity (Wildman–Crippen MR) is 125 cm³/mol. The molecule has 31 heavy (non-hydrogen) atoms. The molecule has 1 aliphatic carbocycles. The highest BCUT2D eigenvalue weighted by molar-refractivity contribution is 5.93. The summed E-state index contributed by atoms with van der Waals surface area (Å²) in [5.74, 6) is -1.26. The second kappa shape index (κ2) is 9.88. The van der Waals surface area contributed by atoms with E-state index < -0.39 is 0 Å². The van der Waals surface area contributed by atoms with E-state index in [4.69, 9.17) is 0 Å². The molecule has 2 aromatic carbocycles. The Morgan fingerprint density at radius 2 is 1.10 bits per heavy atom. The normalized spacial score (nSPS) is 17.5. The molecule has 0 saturated heterocycles. The fraction of sp³-hybridized carbons (Fsp3) is 0.304. The summed E-state index contributed by atoms with van der Waals surface area (Å²) >= 11 is 0. The largest absolute Gasteiger partial charge is 0.378 e. The lowest BCUT2D eigenvalue weighted by Gasteiger charge is -2.11. The van der Waals surface area contributed by atoms with E-state index in [-0.39, 0.29) is 23.7 Å². The number of hydrogen-bond donors (Lipinski definition) is 2. The van der Waals surface area contributed by atoms with Crippen molar-refractivity contribution in [2.45, 2.75) is 6.42 Å². The number of hydrazone groups is 2. The molecule has 162 valence electrons. The average Bonchev–Trinajstić information content (AvgIpc) is 3.55. The smallest absolute Gasteiger partial charge is 0.244 e. The lowest BCUT2D eigenvalue weighted by Crippen LogP contribution is -2.25. The maximum absolute atomic E-state index is 12.2. The molecule has 0 bridgehead atoms. The molecule has 2 aromatic rings. The second-order valence-electron chi connectivity index (χ2n) is 7.89. The summed E-state index contributed by atoms with van der Waals surface area (Å²) in [6.07, 6.45) is 3.67. The first-order valence-electron chi connectivity index (χ1n) is 10.1. The van der Waals surface area contributed by atoms with Crippen LogP contribution in [0.2, 0.25) is 0 Å². The highest BCUT2D eigenvalue weighted by atomic mass is 16.2. The van der Waals surface area contributed by atoms with Gasteiger partial charge in [-0.25, -0.2) is 10.9 Å². The summed E-state index contributed by atoms with van der Waals surface area (Å²) < 4.78 is 0. The van der Waals surface area contributed by atoms with E-state index in [1.54, 1.807) is 12.4 Å². The monoisotopic (exact) mass is 420 g/mol. The van der Waals surface area contributed by atoms with Crippen molar-refractivity contribution in [3.05, 3.63) is 59.7 Å². The summed E-state index contributed by atoms with van der Waals surface area (Å²) in [4.78, 5) is 28.4. The van der Waals surface area contributed by atoms with Gasteiger partial charge in [0.05, 0.1) is 24.3 Å². The van der Waals surface area contributed by atoms with E-state index in [0.29, 0.717) is 6.42 Å². The summed E-state index contributed by atoms with van der Waals surface area (Å²) in [5, 5.41) is 7.98. The van der Waals surface area contributed by atoms with Crippen LogP contribution < -0.4 is 20.7 Å². The summed E-state index contributed by atoms with van der Waals surface area (Å²) in [6, 6.07) is 15.6. The minimum absolute atomic E-state index is 0.260. The van der Waals surface area contributed by atoms with Crippen LogP contribution in [0.25, 0.3) is 0 Å². The van der Waals surface area contributed by atoms with Crippen LogP contribution in [-0.2, 0) is 9.59 Å². The van der Waals surface area contributed by atoms with E-state index in [9.17, 15) is 9.59 Å². The Bertz CT molecular complexity index is 885. The van der Waals surface area contributed by atoms with Crippen LogP contribution in [0.3, 0.4) is 0 Å². The number of hydrogen-bond acceptors (Lipinski definition) is 6. The maximum atomic E-state index is 12.2. The molecule has 2 amide bonds. The quantitative estimate of drug-likeness (QED) is 0.505. The number of nitrogens with zero attached hydrogens (tertiary/aromatic N) is 4. The van der Waals surface area contributed by atoms with Gasteiger partial charge in [-0.3, -0.25) is 9.59 Å². The first kappa shape index (κ1) is 22.0. The van der Waals surface area contributed by atoms with Crippen LogP contribution in [0.5, 0.6) is 0 Å². The van der Waals surface area contributed by atoms with Gasteiger partial charge in [-0.2, -0.15) is 10.2 Å². The van der Waals surface area contributed by atoms with Crippen LogP contribution in [0.4, 0.5) is 11.4 Å². The SMILES string of the molecule is CN(C)c1ccc(/C=N/NC(=O)C2CC2C(=O)N/N=C/c2ccc(N(C)C)cc2)cc1. The van der Waals surface area contributed by atoms with E-state index >= 15 is 0 Å². The van der Waals surface area contributed by atoms with Gasteiger partial charge in [-0.1, -0.05) is 24.3 Å². The van der Waals surface area contributed by atoms with Gasteiger partial charge in [0, 0.05) is 39.6 Å². The third-order valence-corrected chi connectivity index (χ3v) is 5.06. The van der Waals surface area contributed by atoms with Crippen molar-refractivity contribution in [3.63, 3.8) is 0 Å². The van der Waals surface area contributed by atoms with Gasteiger partial charge < -0.3 is 9.80 Å². The van der Waals surface area contributed by atoms with Crippen LogP contribution in [0.15, 0.2) is 58.7 Å². The van der Waals surface area contributed by atoms with Crippen molar-refractivity contribution in [3.8, 4) is 0 Å². The Kier molecular flexibility index (Phi) is 7.02. The topological polar surface area (TPSA) is 89.4 Å². The molecule has 1 fully saturated rings. The Morgan fingerprint density at radius 1 is 0.742 bits per heavy atom. The summed E-state index contributed by atoms with van der Waals surface area (Å²) in [6.45, 7) is 0. The molecule has 3 rings (SSSR count). The van der Waals surface area contributed by atoms with Crippen LogP contribution in [0, 0.1) is 11.8 Å². The standard InChI is InChI=1S/C23H28N6O2/c1-28(2)18-9-5-16(6-10-18)14-24-26-22(30)20-13-21(20)23(31)27-25-15-17-7-11-19(12-8-17)29(3)4/h5-12,14-15,20-21H,13H2,1-4H3,(H,26,30)(H,27,31)/b24-14+,25-15+. The molecular weight excluding hydrogens is 392 g/mol. The van der Waals surface area contributed by atoms with Gasteiger partial charge >= 0.3 is 0 Å². The van der Waals surface area contributed by atoms with Gasteiger partial charge in [0.2, 0.25) is 11.8 Å². The van der Waals surface area contributed by atoms with E-state index in [0.717, 1.165) is 22.5 Å². The van der Waals surface area contributed by atoms with E-state index in [1.807, 2.05) is 86.5 Å². The van der Waals surface area contributed by atoms with Gasteiger partial charge in [-0.05, 0) is 41.8 Å². The molecule has 2 unspecified atom stereocenters. The minimum atomic E-state index is -0.372. The molecule has 0 radical (unpaired) electrons. The Labute approximate surface area is 182 Å². The van der Waals surface area contributed by atoms with Crippen molar-refractivity contribution in [2.75, 3.05) is 38.0 Å². The van der Waals surface area contributed by atoms with Crippen molar-refractivity contribution in [2.24, 2.45) is 22.0 Å². The minimum Gasteiger partial charge on any atom is -0.378 e. The van der Waals surface area contributed by atoms with E-state index in [1.165, 1.54) is 0 Å². The van der Waals surface area contributed by atoms with Gasteiger partial charge in [0.15, 0.2) is 0 Å². The maximum Gasteiger partial charge on any atom is 0.244 e. The molecule has 0 heterocycles. The van der Waals surface area contributed by atoms with E-state index in [2.05, 4.69) is 21.1 Å². The number of benzene rings is 2. The zero-order valence-corrected chi connectivity index (χ0v) is 18.2. The molecule has 8 nitrogen and oxygen atoms in total. The third-order valence-electron chi connectivity index (χ3n) is 5.06. The van der Waals surface area contributed by atoms with Gasteiger partial charge in [0.1, 0.15) is 0 Å². The number of amides is 2. The molecule has 0 spiro atoms. The summed E-state index contributed by atoms with van der Waals surface area (Å²) in [5.41, 5.74) is 8.94. The number of anilines is 2. The van der Waals surface area contributed by atoms with Crippen molar-refractivity contribution >= 4 is 35.6 Å². The molecule has 0 aromatic heterocycles. The van der Waals surface area contributed by atoms with Gasteiger partial charge in [-0.15, -0.1) is 0 Å². The van der Waals surface area contributed by atoms with Crippen molar-refractivity contribution in [1.29, 1.82) is 0 Å². The number of carbonyl (C=O) groups excluding carboxylic acids is 2. The Hall–Kier alpha value is -3.68. The molecule has 1 aliphatic rings. The lowest BCUT2D eigenvalue weighted by atomic mass is 10.2. The number of nitrogens with one attached hydrogen (secondary N) is 2. The average molecular weight is 421 g/mol. The fourth-order valence-electron chi connectivity index (χ4n) is 3.00. The molecular formula is C23H28N6O2. The van der Waals surface area contributed by atoms with Crippen LogP contribution in [0.1, 0.15) is 17.5 Å². The fourth-order valence-corrected chi connectivity index (χ4v) is 3.00. The van der Waals surface area contributed by atoms with Gasteiger partial charge in [0.25, 0.3) is 0 Å². The molecule has 1 saturated carbocycles. The Balaban J connectivity index is 1.42. The first-order valence-corrected chi connectivity index (χ1v) is 10.1.